The molecule has 1 aliphatic heterocycles. The van der Waals surface area contributed by atoms with Gasteiger partial charge in [0.05, 0.1) is 24.6 Å². The Labute approximate surface area is 160 Å². The van der Waals surface area contributed by atoms with E-state index in [0.717, 1.165) is 5.56 Å². The van der Waals surface area contributed by atoms with Crippen molar-refractivity contribution in [1.82, 2.24) is 9.80 Å². The van der Waals surface area contributed by atoms with Gasteiger partial charge in [-0.05, 0) is 33.3 Å². The fourth-order valence-corrected chi connectivity index (χ4v) is 3.05. The molecule has 7 nitrogen and oxygen atoms in total. The van der Waals surface area contributed by atoms with Crippen LogP contribution in [0.3, 0.4) is 0 Å². The third kappa shape index (κ3) is 5.88. The molecule has 1 fully saturated rings. The summed E-state index contributed by atoms with van der Waals surface area (Å²) in [7, 11) is 0. The number of nitrogens with zero attached hydrogens (tertiary/aromatic N) is 3. The van der Waals surface area contributed by atoms with E-state index in [2.05, 4.69) is 6.07 Å². The van der Waals surface area contributed by atoms with E-state index in [1.165, 1.54) is 0 Å². The molecular formula is C20H27N3O4. The minimum absolute atomic E-state index is 0.115. The fraction of sp³-hybridized carbons (Fsp3) is 0.550. The Balaban J connectivity index is 2.04. The first-order valence-corrected chi connectivity index (χ1v) is 9.05. The molecular weight excluding hydrogens is 346 g/mol. The van der Waals surface area contributed by atoms with E-state index in [4.69, 9.17) is 14.7 Å². The van der Waals surface area contributed by atoms with E-state index < -0.39 is 23.8 Å². The number of carbonyl (C=O) groups is 2. The van der Waals surface area contributed by atoms with Crippen LogP contribution in [0.4, 0.5) is 9.59 Å². The largest absolute Gasteiger partial charge is 0.445 e. The molecule has 7 heteroatoms. The summed E-state index contributed by atoms with van der Waals surface area (Å²) < 4.78 is 10.9. The van der Waals surface area contributed by atoms with Crippen LogP contribution in [0.2, 0.25) is 0 Å². The van der Waals surface area contributed by atoms with Crippen LogP contribution in [0.1, 0.15) is 39.7 Å². The zero-order valence-corrected chi connectivity index (χ0v) is 16.3. The highest BCUT2D eigenvalue weighted by Crippen LogP contribution is 2.22. The molecule has 1 heterocycles. The highest BCUT2D eigenvalue weighted by atomic mass is 16.6. The first-order valence-electron chi connectivity index (χ1n) is 9.05. The van der Waals surface area contributed by atoms with Gasteiger partial charge in [0.1, 0.15) is 12.2 Å². The van der Waals surface area contributed by atoms with E-state index in [-0.39, 0.29) is 25.6 Å². The van der Waals surface area contributed by atoms with E-state index in [0.29, 0.717) is 6.54 Å². The number of rotatable bonds is 3. The highest BCUT2D eigenvalue weighted by Gasteiger charge is 2.39. The average Bonchev–Trinajstić information content (AvgIpc) is 2.59. The molecule has 1 aromatic carbocycles. The monoisotopic (exact) mass is 373 g/mol. The molecule has 0 bridgehead atoms. The van der Waals surface area contributed by atoms with Crippen molar-refractivity contribution in [2.24, 2.45) is 0 Å². The minimum atomic E-state index is -0.600. The second-order valence-electron chi connectivity index (χ2n) is 7.70. The maximum absolute atomic E-state index is 12.6. The molecule has 146 valence electrons. The first kappa shape index (κ1) is 20.6. The number of piperazine rings is 1. The lowest BCUT2D eigenvalue weighted by Crippen LogP contribution is -2.61. The van der Waals surface area contributed by atoms with Crippen molar-refractivity contribution < 1.29 is 19.1 Å². The summed E-state index contributed by atoms with van der Waals surface area (Å²) >= 11 is 0. The number of nitriles is 1. The van der Waals surface area contributed by atoms with Gasteiger partial charge in [0.2, 0.25) is 0 Å². The van der Waals surface area contributed by atoms with E-state index in [1.807, 2.05) is 37.3 Å². The number of amides is 2. The molecule has 1 saturated heterocycles. The SMILES string of the molecule is C[C@@H]1CN(C(=O)OC(C)(C)C)C[C@H](CC#N)N1C(=O)OCc1ccccc1. The molecule has 0 spiro atoms. The third-order valence-electron chi connectivity index (χ3n) is 4.18. The number of benzene rings is 1. The molecule has 2 atom stereocenters. The molecule has 27 heavy (non-hydrogen) atoms. The molecule has 0 N–H and O–H groups in total. The van der Waals surface area contributed by atoms with Crippen LogP contribution in [0.25, 0.3) is 0 Å². The summed E-state index contributed by atoms with van der Waals surface area (Å²) in [5.74, 6) is 0. The van der Waals surface area contributed by atoms with Gasteiger partial charge in [-0.25, -0.2) is 9.59 Å². The van der Waals surface area contributed by atoms with E-state index in [9.17, 15) is 9.59 Å². The van der Waals surface area contributed by atoms with Crippen LogP contribution in [0, 0.1) is 11.3 Å². The van der Waals surface area contributed by atoms with Gasteiger partial charge >= 0.3 is 12.2 Å². The predicted octanol–water partition coefficient (Wildman–Crippen LogP) is 3.55. The maximum atomic E-state index is 12.6. The second kappa shape index (κ2) is 8.76. The van der Waals surface area contributed by atoms with Gasteiger partial charge in [0.25, 0.3) is 0 Å². The molecule has 0 unspecified atom stereocenters. The Morgan fingerprint density at radius 1 is 1.19 bits per heavy atom. The maximum Gasteiger partial charge on any atom is 0.410 e. The second-order valence-corrected chi connectivity index (χ2v) is 7.70. The lowest BCUT2D eigenvalue weighted by atomic mass is 10.1. The Bertz CT molecular complexity index is 693. The summed E-state index contributed by atoms with van der Waals surface area (Å²) in [6.45, 7) is 7.99. The van der Waals surface area contributed by atoms with Crippen molar-refractivity contribution in [1.29, 1.82) is 5.26 Å². The summed E-state index contributed by atoms with van der Waals surface area (Å²) in [6.07, 6.45) is -0.797. The number of ether oxygens (including phenoxy) is 2. The lowest BCUT2D eigenvalue weighted by Gasteiger charge is -2.44. The highest BCUT2D eigenvalue weighted by molar-refractivity contribution is 5.71. The Morgan fingerprint density at radius 3 is 2.44 bits per heavy atom. The van der Waals surface area contributed by atoms with Gasteiger partial charge in [-0.3, -0.25) is 4.90 Å². The van der Waals surface area contributed by atoms with Gasteiger partial charge in [0.15, 0.2) is 0 Å². The Morgan fingerprint density at radius 2 is 1.85 bits per heavy atom. The quantitative estimate of drug-likeness (QED) is 0.809. The lowest BCUT2D eigenvalue weighted by molar-refractivity contribution is -0.0119. The van der Waals surface area contributed by atoms with Crippen LogP contribution in [-0.4, -0.2) is 52.8 Å². The standard InChI is InChI=1S/C20H27N3O4/c1-15-12-22(18(24)27-20(2,3)4)13-17(10-11-21)23(15)19(25)26-14-16-8-6-5-7-9-16/h5-9,15,17H,10,12-14H2,1-4H3/t15-,17+/m1/s1. The topological polar surface area (TPSA) is 82.9 Å². The van der Waals surface area contributed by atoms with Gasteiger partial charge in [-0.2, -0.15) is 5.26 Å². The summed E-state index contributed by atoms with van der Waals surface area (Å²) in [6, 6.07) is 10.8. The van der Waals surface area contributed by atoms with Crippen molar-refractivity contribution in [2.45, 2.75) is 58.4 Å². The molecule has 2 rings (SSSR count). The zero-order chi connectivity index (χ0) is 20.0. The Kier molecular flexibility index (Phi) is 6.67. The van der Waals surface area contributed by atoms with Crippen molar-refractivity contribution >= 4 is 12.2 Å². The van der Waals surface area contributed by atoms with Crippen molar-refractivity contribution in [3.63, 3.8) is 0 Å². The first-order chi connectivity index (χ1) is 12.7. The number of carbonyl (C=O) groups excluding carboxylic acids is 2. The van der Waals surface area contributed by atoms with Crippen molar-refractivity contribution in [3.8, 4) is 6.07 Å². The molecule has 2 amide bonds. The predicted molar refractivity (Wildman–Crippen MR) is 99.8 cm³/mol. The third-order valence-corrected chi connectivity index (χ3v) is 4.18. The fourth-order valence-electron chi connectivity index (χ4n) is 3.05. The van der Waals surface area contributed by atoms with Gasteiger partial charge in [-0.1, -0.05) is 30.3 Å². The normalized spacial score (nSPS) is 20.0. The van der Waals surface area contributed by atoms with Crippen molar-refractivity contribution in [2.75, 3.05) is 13.1 Å². The van der Waals surface area contributed by atoms with E-state index in [1.54, 1.807) is 30.6 Å². The van der Waals surface area contributed by atoms with Crippen LogP contribution < -0.4 is 0 Å². The number of hydrogen-bond acceptors (Lipinski definition) is 5. The smallest absolute Gasteiger partial charge is 0.410 e. The molecule has 1 aliphatic rings. The molecule has 0 radical (unpaired) electrons. The van der Waals surface area contributed by atoms with E-state index >= 15 is 0 Å². The summed E-state index contributed by atoms with van der Waals surface area (Å²) in [5, 5.41) is 9.16. The van der Waals surface area contributed by atoms with Gasteiger partial charge < -0.3 is 14.4 Å². The molecule has 0 aliphatic carbocycles. The van der Waals surface area contributed by atoms with Crippen molar-refractivity contribution in [3.05, 3.63) is 35.9 Å². The van der Waals surface area contributed by atoms with Crippen LogP contribution >= 0.6 is 0 Å². The zero-order valence-electron chi connectivity index (χ0n) is 16.3. The number of hydrogen-bond donors (Lipinski definition) is 0. The van der Waals surface area contributed by atoms with Gasteiger partial charge in [0, 0.05) is 13.1 Å². The molecule has 0 saturated carbocycles. The average molecular weight is 373 g/mol. The van der Waals surface area contributed by atoms with Crippen LogP contribution in [0.5, 0.6) is 0 Å². The minimum Gasteiger partial charge on any atom is -0.445 e. The molecule has 0 aromatic heterocycles. The Hall–Kier alpha value is -2.75. The van der Waals surface area contributed by atoms with Crippen LogP contribution in [0.15, 0.2) is 30.3 Å². The summed E-state index contributed by atoms with van der Waals surface area (Å²) in [4.78, 5) is 28.1. The summed E-state index contributed by atoms with van der Waals surface area (Å²) in [5.41, 5.74) is 0.291. The van der Waals surface area contributed by atoms with Gasteiger partial charge in [-0.15, -0.1) is 0 Å². The molecule has 1 aromatic rings. The van der Waals surface area contributed by atoms with Crippen LogP contribution in [-0.2, 0) is 16.1 Å².